The molecule has 0 fully saturated rings. The van der Waals surface area contributed by atoms with Gasteiger partial charge in [0.1, 0.15) is 11.7 Å². The molecule has 164 valence electrons. The van der Waals surface area contributed by atoms with E-state index in [2.05, 4.69) is 41.5 Å². The van der Waals surface area contributed by atoms with Crippen LogP contribution in [0.25, 0.3) is 0 Å². The molecule has 3 aromatic carbocycles. The Morgan fingerprint density at radius 1 is 0.548 bits per heavy atom. The Kier molecular flexibility index (Phi) is 6.19. The fraction of sp³-hybridized carbons (Fsp3) is 0.379. The molecule has 1 atom stereocenters. The highest BCUT2D eigenvalue weighted by Gasteiger charge is 2.40. The fourth-order valence-electron chi connectivity index (χ4n) is 3.92. The number of benzene rings is 3. The minimum atomic E-state index is -1.57. The zero-order chi connectivity index (χ0) is 23.0. The molecular formula is C29H36O2. The van der Waals surface area contributed by atoms with Crippen molar-refractivity contribution in [1.29, 1.82) is 0 Å². The van der Waals surface area contributed by atoms with Gasteiger partial charge < -0.3 is 10.2 Å². The second-order valence-electron chi connectivity index (χ2n) is 10.7. The van der Waals surface area contributed by atoms with Crippen LogP contribution in [0.15, 0.2) is 72.8 Å². The molecule has 0 aliphatic rings. The van der Waals surface area contributed by atoms with E-state index >= 15 is 0 Å². The molecule has 0 radical (unpaired) electrons. The van der Waals surface area contributed by atoms with Crippen molar-refractivity contribution >= 4 is 0 Å². The maximum atomic E-state index is 12.1. The predicted molar refractivity (Wildman–Crippen MR) is 129 cm³/mol. The van der Waals surface area contributed by atoms with E-state index in [0.717, 1.165) is 5.56 Å². The van der Waals surface area contributed by atoms with Crippen LogP contribution in [0.2, 0.25) is 0 Å². The van der Waals surface area contributed by atoms with Crippen molar-refractivity contribution in [2.24, 2.45) is 0 Å². The van der Waals surface area contributed by atoms with Gasteiger partial charge in [0.15, 0.2) is 0 Å². The van der Waals surface area contributed by atoms with Gasteiger partial charge in [0.05, 0.1) is 0 Å². The Hall–Kier alpha value is -2.42. The molecule has 0 unspecified atom stereocenters. The largest absolute Gasteiger partial charge is 0.385 e. The molecule has 3 rings (SSSR count). The monoisotopic (exact) mass is 416 g/mol. The molecule has 0 spiro atoms. The van der Waals surface area contributed by atoms with E-state index in [0.29, 0.717) is 16.7 Å². The first-order valence-corrected chi connectivity index (χ1v) is 11.0. The summed E-state index contributed by atoms with van der Waals surface area (Å²) >= 11 is 0. The lowest BCUT2D eigenvalue weighted by Crippen LogP contribution is -2.35. The second-order valence-corrected chi connectivity index (χ2v) is 10.7. The van der Waals surface area contributed by atoms with Crippen LogP contribution in [-0.4, -0.2) is 10.2 Å². The highest BCUT2D eigenvalue weighted by Crippen LogP contribution is 2.42. The molecule has 3 aromatic rings. The Morgan fingerprint density at radius 3 is 1.19 bits per heavy atom. The number of aryl methyl sites for hydroxylation is 1. The lowest BCUT2D eigenvalue weighted by Gasteiger charge is -2.35. The molecule has 2 N–H and O–H groups in total. The van der Waals surface area contributed by atoms with E-state index in [4.69, 9.17) is 0 Å². The van der Waals surface area contributed by atoms with E-state index in [1.807, 2.05) is 79.7 Å². The van der Waals surface area contributed by atoms with Crippen LogP contribution in [0.4, 0.5) is 0 Å². The third kappa shape index (κ3) is 4.76. The van der Waals surface area contributed by atoms with Crippen molar-refractivity contribution in [2.75, 3.05) is 0 Å². The van der Waals surface area contributed by atoms with Crippen molar-refractivity contribution in [1.82, 2.24) is 0 Å². The Labute approximate surface area is 187 Å². The van der Waals surface area contributed by atoms with Gasteiger partial charge in [-0.25, -0.2) is 0 Å². The molecule has 0 heterocycles. The summed E-state index contributed by atoms with van der Waals surface area (Å²) < 4.78 is 0. The third-order valence-electron chi connectivity index (χ3n) is 6.17. The summed E-state index contributed by atoms with van der Waals surface area (Å²) in [5, 5.41) is 23.5. The zero-order valence-electron chi connectivity index (χ0n) is 19.9. The number of hydrogen-bond donors (Lipinski definition) is 2. The normalized spacial score (nSPS) is 13.8. The molecule has 0 bridgehead atoms. The summed E-state index contributed by atoms with van der Waals surface area (Å²) in [6.45, 7) is 15.0. The predicted octanol–water partition coefficient (Wildman–Crippen LogP) is 6.56. The lowest BCUT2D eigenvalue weighted by atomic mass is 9.76. The molecular weight excluding hydrogens is 380 g/mol. The van der Waals surface area contributed by atoms with Crippen LogP contribution in [0, 0.1) is 6.92 Å². The Balaban J connectivity index is 2.14. The van der Waals surface area contributed by atoms with Gasteiger partial charge in [-0.1, -0.05) is 120 Å². The van der Waals surface area contributed by atoms with Crippen molar-refractivity contribution in [3.63, 3.8) is 0 Å². The summed E-state index contributed by atoms with van der Waals surface area (Å²) in [6.07, 6.45) is -1.10. The second kappa shape index (κ2) is 8.26. The Morgan fingerprint density at radius 2 is 0.871 bits per heavy atom. The van der Waals surface area contributed by atoms with E-state index in [-0.39, 0.29) is 10.8 Å². The Bertz CT molecular complexity index is 941. The quantitative estimate of drug-likeness (QED) is 0.506. The molecule has 0 saturated carbocycles. The number of rotatable bonds is 4. The van der Waals surface area contributed by atoms with Gasteiger partial charge >= 0.3 is 0 Å². The van der Waals surface area contributed by atoms with Crippen molar-refractivity contribution < 1.29 is 10.2 Å². The van der Waals surface area contributed by atoms with Gasteiger partial charge in [0, 0.05) is 0 Å². The zero-order valence-corrected chi connectivity index (χ0v) is 19.9. The summed E-state index contributed by atoms with van der Waals surface area (Å²) in [5.41, 5.74) is 3.99. The standard InChI is InChI=1S/C29H36O2/c1-20-8-10-21(11-9-20)26(30)29(31,24-16-12-22(13-17-24)27(2,3)4)25-18-14-23(15-19-25)28(5,6)7/h8-19,26,30-31H,1-7H3/t26-/m1/s1. The smallest absolute Gasteiger partial charge is 0.145 e. The average Bonchev–Trinajstić information content (AvgIpc) is 2.72. The molecule has 31 heavy (non-hydrogen) atoms. The van der Waals surface area contributed by atoms with E-state index in [1.165, 1.54) is 11.1 Å². The average molecular weight is 417 g/mol. The molecule has 0 saturated heterocycles. The van der Waals surface area contributed by atoms with E-state index in [1.54, 1.807) is 0 Å². The number of hydrogen-bond acceptors (Lipinski definition) is 2. The maximum absolute atomic E-state index is 12.1. The summed E-state index contributed by atoms with van der Waals surface area (Å²) in [6, 6.07) is 23.6. The SMILES string of the molecule is Cc1ccc([C@@H](O)C(O)(c2ccc(C(C)(C)C)cc2)c2ccc(C(C)(C)C)cc2)cc1. The highest BCUT2D eigenvalue weighted by atomic mass is 16.3. The van der Waals surface area contributed by atoms with Gasteiger partial charge in [-0.05, 0) is 45.6 Å². The summed E-state index contributed by atoms with van der Waals surface area (Å²) in [7, 11) is 0. The summed E-state index contributed by atoms with van der Waals surface area (Å²) in [5.74, 6) is 0. The van der Waals surface area contributed by atoms with Crippen molar-refractivity contribution in [2.45, 2.75) is 71.0 Å². The number of aliphatic hydroxyl groups excluding tert-OH is 1. The van der Waals surface area contributed by atoms with Gasteiger partial charge in [0.2, 0.25) is 0 Å². The lowest BCUT2D eigenvalue weighted by molar-refractivity contribution is -0.0518. The van der Waals surface area contributed by atoms with E-state index in [9.17, 15) is 10.2 Å². The van der Waals surface area contributed by atoms with Crippen LogP contribution in [-0.2, 0) is 16.4 Å². The van der Waals surface area contributed by atoms with Crippen LogP contribution < -0.4 is 0 Å². The van der Waals surface area contributed by atoms with Gasteiger partial charge in [-0.3, -0.25) is 0 Å². The van der Waals surface area contributed by atoms with Gasteiger partial charge in [-0.2, -0.15) is 0 Å². The van der Waals surface area contributed by atoms with Crippen LogP contribution >= 0.6 is 0 Å². The molecule has 0 aromatic heterocycles. The molecule has 2 heteroatoms. The fourth-order valence-corrected chi connectivity index (χ4v) is 3.92. The van der Waals surface area contributed by atoms with Crippen molar-refractivity contribution in [3.05, 3.63) is 106 Å². The molecule has 0 aliphatic heterocycles. The minimum Gasteiger partial charge on any atom is -0.385 e. The van der Waals surface area contributed by atoms with Crippen molar-refractivity contribution in [3.8, 4) is 0 Å². The molecule has 0 aliphatic carbocycles. The molecule has 0 amide bonds. The third-order valence-corrected chi connectivity index (χ3v) is 6.17. The first-order chi connectivity index (χ1) is 14.3. The first kappa shape index (κ1) is 23.2. The van der Waals surface area contributed by atoms with Crippen LogP contribution in [0.3, 0.4) is 0 Å². The topological polar surface area (TPSA) is 40.5 Å². The van der Waals surface area contributed by atoms with Crippen LogP contribution in [0.5, 0.6) is 0 Å². The van der Waals surface area contributed by atoms with Crippen LogP contribution in [0.1, 0.15) is 81.0 Å². The number of aliphatic hydroxyl groups is 2. The van der Waals surface area contributed by atoms with E-state index < -0.39 is 11.7 Å². The van der Waals surface area contributed by atoms with Gasteiger partial charge in [0.25, 0.3) is 0 Å². The minimum absolute atomic E-state index is 0.0145. The molecule has 2 nitrogen and oxygen atoms in total. The first-order valence-electron chi connectivity index (χ1n) is 11.0. The van der Waals surface area contributed by atoms with Gasteiger partial charge in [-0.15, -0.1) is 0 Å². The highest BCUT2D eigenvalue weighted by molar-refractivity contribution is 5.44. The summed E-state index contributed by atoms with van der Waals surface area (Å²) in [4.78, 5) is 0. The maximum Gasteiger partial charge on any atom is 0.145 e.